The number of nitrogens with one attached hydrogen (secondary N) is 1. The molecule has 19 heavy (non-hydrogen) atoms. The van der Waals surface area contributed by atoms with E-state index < -0.39 is 0 Å². The van der Waals surface area contributed by atoms with Gasteiger partial charge >= 0.3 is 0 Å². The Balaban J connectivity index is 1.79. The number of benzene rings is 1. The summed E-state index contributed by atoms with van der Waals surface area (Å²) in [6.07, 6.45) is 0.974. The number of anilines is 1. The Morgan fingerprint density at radius 3 is 2.74 bits per heavy atom. The van der Waals surface area contributed by atoms with Crippen LogP contribution in [0.25, 0.3) is 10.8 Å². The number of fused-ring (bicyclic) bond motifs is 1. The maximum Gasteiger partial charge on any atom is 0.159 e. The number of hydrogen-bond donors (Lipinski definition) is 1. The number of hydrogen-bond acceptors (Lipinski definition) is 4. The number of halogens is 1. The van der Waals surface area contributed by atoms with E-state index in [1.54, 1.807) is 11.3 Å². The second-order valence-electron chi connectivity index (χ2n) is 4.19. The van der Waals surface area contributed by atoms with E-state index in [9.17, 15) is 0 Å². The molecule has 0 saturated heterocycles. The molecule has 0 saturated carbocycles. The first-order chi connectivity index (χ1) is 9.34. The molecule has 0 aliphatic carbocycles. The number of nitrogens with zero attached hydrogens (tertiary/aromatic N) is 2. The average Bonchev–Trinajstić information content (AvgIpc) is 2.95. The first kappa shape index (κ1) is 12.4. The molecule has 1 N–H and O–H groups in total. The van der Waals surface area contributed by atoms with Crippen LogP contribution in [0, 0.1) is 0 Å². The van der Waals surface area contributed by atoms with Crippen LogP contribution in [0.4, 0.5) is 5.82 Å². The van der Waals surface area contributed by atoms with Crippen molar-refractivity contribution in [2.75, 3.05) is 11.9 Å². The predicted molar refractivity (Wildman–Crippen MR) is 81.1 cm³/mol. The van der Waals surface area contributed by atoms with Crippen LogP contribution in [0.3, 0.4) is 0 Å². The van der Waals surface area contributed by atoms with Crippen LogP contribution in [0.1, 0.15) is 5.56 Å². The topological polar surface area (TPSA) is 37.8 Å². The molecule has 96 valence electrons. The van der Waals surface area contributed by atoms with E-state index in [2.05, 4.69) is 32.3 Å². The Morgan fingerprint density at radius 2 is 1.95 bits per heavy atom. The zero-order valence-corrected chi connectivity index (χ0v) is 11.7. The van der Waals surface area contributed by atoms with Crippen molar-refractivity contribution in [2.24, 2.45) is 0 Å². The van der Waals surface area contributed by atoms with Crippen LogP contribution in [-0.4, -0.2) is 16.7 Å². The normalized spacial score (nSPS) is 10.8. The van der Waals surface area contributed by atoms with E-state index in [1.165, 1.54) is 5.56 Å². The molecule has 0 atom stereocenters. The van der Waals surface area contributed by atoms with Crippen molar-refractivity contribution in [3.8, 4) is 0 Å². The maximum absolute atomic E-state index is 6.04. The summed E-state index contributed by atoms with van der Waals surface area (Å²) >= 11 is 7.76. The van der Waals surface area contributed by atoms with Gasteiger partial charge in [0.2, 0.25) is 0 Å². The molecule has 0 unspecified atom stereocenters. The van der Waals surface area contributed by atoms with Crippen LogP contribution in [0.2, 0.25) is 5.15 Å². The van der Waals surface area contributed by atoms with Gasteiger partial charge in [0.05, 0.1) is 0 Å². The largest absolute Gasteiger partial charge is 0.368 e. The SMILES string of the molecule is Clc1nnc(NCCc2ccsc2)c2ccccc12. The second kappa shape index (κ2) is 5.55. The summed E-state index contributed by atoms with van der Waals surface area (Å²) in [5.41, 5.74) is 1.34. The third-order valence-corrected chi connectivity index (χ3v) is 3.94. The quantitative estimate of drug-likeness (QED) is 0.789. The zero-order valence-electron chi connectivity index (χ0n) is 10.1. The van der Waals surface area contributed by atoms with Gasteiger partial charge in [0.25, 0.3) is 0 Å². The van der Waals surface area contributed by atoms with Crippen molar-refractivity contribution in [1.82, 2.24) is 10.2 Å². The third-order valence-electron chi connectivity index (χ3n) is 2.93. The van der Waals surface area contributed by atoms with Crippen molar-refractivity contribution >= 4 is 39.5 Å². The van der Waals surface area contributed by atoms with Gasteiger partial charge < -0.3 is 5.32 Å². The van der Waals surface area contributed by atoms with Crippen LogP contribution < -0.4 is 5.32 Å². The highest BCUT2D eigenvalue weighted by Crippen LogP contribution is 2.25. The van der Waals surface area contributed by atoms with E-state index >= 15 is 0 Å². The molecule has 3 nitrogen and oxygen atoms in total. The zero-order chi connectivity index (χ0) is 13.1. The first-order valence-corrected chi connectivity index (χ1v) is 7.32. The van der Waals surface area contributed by atoms with Crippen LogP contribution >= 0.6 is 22.9 Å². The summed E-state index contributed by atoms with van der Waals surface area (Å²) in [4.78, 5) is 0. The summed E-state index contributed by atoms with van der Waals surface area (Å²) in [5, 5.41) is 18.1. The molecular formula is C14H12ClN3S. The van der Waals surface area contributed by atoms with Gasteiger partial charge in [-0.15, -0.1) is 10.2 Å². The highest BCUT2D eigenvalue weighted by Gasteiger charge is 2.06. The molecule has 0 aliphatic heterocycles. The summed E-state index contributed by atoms with van der Waals surface area (Å²) < 4.78 is 0. The van der Waals surface area contributed by atoms with Gasteiger partial charge in [0, 0.05) is 17.3 Å². The molecule has 0 spiro atoms. The Kier molecular flexibility index (Phi) is 3.62. The van der Waals surface area contributed by atoms with Crippen molar-refractivity contribution < 1.29 is 0 Å². The van der Waals surface area contributed by atoms with Crippen molar-refractivity contribution in [3.63, 3.8) is 0 Å². The molecule has 2 aromatic heterocycles. The van der Waals surface area contributed by atoms with E-state index in [4.69, 9.17) is 11.6 Å². The fourth-order valence-corrected chi connectivity index (χ4v) is 2.87. The lowest BCUT2D eigenvalue weighted by Crippen LogP contribution is -2.07. The maximum atomic E-state index is 6.04. The lowest BCUT2D eigenvalue weighted by molar-refractivity contribution is 0.981. The van der Waals surface area contributed by atoms with Gasteiger partial charge in [-0.05, 0) is 28.8 Å². The minimum absolute atomic E-state index is 0.444. The van der Waals surface area contributed by atoms with Crippen LogP contribution in [0.5, 0.6) is 0 Å². The van der Waals surface area contributed by atoms with E-state index in [0.29, 0.717) is 5.15 Å². The first-order valence-electron chi connectivity index (χ1n) is 6.00. The van der Waals surface area contributed by atoms with Crippen molar-refractivity contribution in [3.05, 3.63) is 51.8 Å². The van der Waals surface area contributed by atoms with Crippen molar-refractivity contribution in [2.45, 2.75) is 6.42 Å². The fourth-order valence-electron chi connectivity index (χ4n) is 1.96. The standard InChI is InChI=1S/C14H12ClN3S/c15-13-11-3-1-2-4-12(11)14(18-17-13)16-7-5-10-6-8-19-9-10/h1-4,6,8-9H,5,7H2,(H,16,18). The van der Waals surface area contributed by atoms with Crippen LogP contribution in [-0.2, 0) is 6.42 Å². The lowest BCUT2D eigenvalue weighted by atomic mass is 10.2. The molecule has 0 aliphatic rings. The Hall–Kier alpha value is -1.65. The highest BCUT2D eigenvalue weighted by atomic mass is 35.5. The Morgan fingerprint density at radius 1 is 1.11 bits per heavy atom. The van der Waals surface area contributed by atoms with E-state index in [-0.39, 0.29) is 0 Å². The molecule has 3 rings (SSSR count). The summed E-state index contributed by atoms with van der Waals surface area (Å²) in [6, 6.07) is 10.0. The fraction of sp³-hybridized carbons (Fsp3) is 0.143. The van der Waals surface area contributed by atoms with Gasteiger partial charge in [-0.3, -0.25) is 0 Å². The molecule has 1 aromatic carbocycles. The highest BCUT2D eigenvalue weighted by molar-refractivity contribution is 7.07. The summed E-state index contributed by atoms with van der Waals surface area (Å²) in [6.45, 7) is 0.830. The van der Waals surface area contributed by atoms with Gasteiger partial charge in [-0.2, -0.15) is 11.3 Å². The van der Waals surface area contributed by atoms with Crippen LogP contribution in [0.15, 0.2) is 41.1 Å². The molecular weight excluding hydrogens is 278 g/mol. The Labute approximate surface area is 120 Å². The summed E-state index contributed by atoms with van der Waals surface area (Å²) in [7, 11) is 0. The number of rotatable bonds is 4. The minimum Gasteiger partial charge on any atom is -0.368 e. The molecule has 5 heteroatoms. The van der Waals surface area contributed by atoms with E-state index in [0.717, 1.165) is 29.6 Å². The molecule has 0 amide bonds. The average molecular weight is 290 g/mol. The molecule has 0 radical (unpaired) electrons. The predicted octanol–water partition coefficient (Wildman–Crippen LogP) is 4.00. The number of thiophene rings is 1. The third kappa shape index (κ3) is 2.69. The molecule has 2 heterocycles. The Bertz CT molecular complexity index is 682. The van der Waals surface area contributed by atoms with E-state index in [1.807, 2.05) is 24.3 Å². The molecule has 3 aromatic rings. The second-order valence-corrected chi connectivity index (χ2v) is 5.33. The summed E-state index contributed by atoms with van der Waals surface area (Å²) in [5.74, 6) is 0.787. The molecule has 0 bridgehead atoms. The van der Waals surface area contributed by atoms with Gasteiger partial charge in [-0.1, -0.05) is 35.9 Å². The minimum atomic E-state index is 0.444. The van der Waals surface area contributed by atoms with Gasteiger partial charge in [0.1, 0.15) is 0 Å². The smallest absolute Gasteiger partial charge is 0.159 e. The number of aromatic nitrogens is 2. The molecule has 0 fully saturated rings. The lowest BCUT2D eigenvalue weighted by Gasteiger charge is -2.08. The van der Waals surface area contributed by atoms with Gasteiger partial charge in [0.15, 0.2) is 11.0 Å². The monoisotopic (exact) mass is 289 g/mol. The van der Waals surface area contributed by atoms with Gasteiger partial charge in [-0.25, -0.2) is 0 Å². The van der Waals surface area contributed by atoms with Crippen molar-refractivity contribution in [1.29, 1.82) is 0 Å².